The van der Waals surface area contributed by atoms with E-state index in [9.17, 15) is 10.4 Å². The summed E-state index contributed by atoms with van der Waals surface area (Å²) in [6, 6.07) is 2.40. The minimum absolute atomic E-state index is 0.0944. The van der Waals surface area contributed by atoms with Gasteiger partial charge >= 0.3 is 0 Å². The van der Waals surface area contributed by atoms with Gasteiger partial charge in [-0.25, -0.2) is 0 Å². The maximum absolute atomic E-state index is 9.74. The van der Waals surface area contributed by atoms with E-state index in [0.717, 1.165) is 31.4 Å². The summed E-state index contributed by atoms with van der Waals surface area (Å²) in [6.45, 7) is 5.25. The van der Waals surface area contributed by atoms with Crippen LogP contribution in [-0.4, -0.2) is 24.6 Å². The molecule has 1 saturated heterocycles. The lowest BCUT2D eigenvalue weighted by Gasteiger charge is -2.28. The first-order chi connectivity index (χ1) is 10.1. The Morgan fingerprint density at radius 3 is 2.95 bits per heavy atom. The Labute approximate surface area is 127 Å². The fraction of sp³-hybridized carbons (Fsp3) is 0.706. The Bertz CT molecular complexity index is 443. The molecular formula is C17H25NO3. The molecule has 0 saturated carbocycles. The fourth-order valence-electron chi connectivity index (χ4n) is 3.01. The van der Waals surface area contributed by atoms with Crippen LogP contribution in [0.2, 0.25) is 0 Å². The van der Waals surface area contributed by atoms with Gasteiger partial charge in [0.15, 0.2) is 6.29 Å². The molecule has 0 spiro atoms. The molecule has 2 aliphatic rings. The van der Waals surface area contributed by atoms with E-state index in [-0.39, 0.29) is 24.0 Å². The van der Waals surface area contributed by atoms with Crippen molar-refractivity contribution in [3.05, 3.63) is 23.5 Å². The number of hydrogen-bond donors (Lipinski definition) is 1. The number of aliphatic hydroxyl groups excluding tert-OH is 1. The Kier molecular flexibility index (Phi) is 5.84. The van der Waals surface area contributed by atoms with Crippen LogP contribution in [0.1, 0.15) is 39.5 Å². The summed E-state index contributed by atoms with van der Waals surface area (Å²) in [7, 11) is 0. The van der Waals surface area contributed by atoms with E-state index in [1.807, 2.05) is 26.0 Å². The minimum atomic E-state index is -0.0945. The number of nitriles is 1. The van der Waals surface area contributed by atoms with Gasteiger partial charge in [-0.15, -0.1) is 0 Å². The molecule has 2 rings (SSSR count). The quantitative estimate of drug-likeness (QED) is 0.838. The van der Waals surface area contributed by atoms with Gasteiger partial charge in [-0.05, 0) is 56.1 Å². The monoisotopic (exact) mass is 291 g/mol. The summed E-state index contributed by atoms with van der Waals surface area (Å²) in [4.78, 5) is 0. The molecule has 0 aromatic rings. The second-order valence-electron chi connectivity index (χ2n) is 6.03. The lowest BCUT2D eigenvalue weighted by atomic mass is 9.77. The van der Waals surface area contributed by atoms with Crippen LogP contribution >= 0.6 is 0 Å². The second kappa shape index (κ2) is 7.63. The van der Waals surface area contributed by atoms with E-state index in [2.05, 4.69) is 6.07 Å². The molecule has 1 aliphatic carbocycles. The summed E-state index contributed by atoms with van der Waals surface area (Å²) in [6.07, 6.45) is 7.68. The molecule has 4 atom stereocenters. The highest BCUT2D eigenvalue weighted by Gasteiger charge is 2.28. The van der Waals surface area contributed by atoms with Crippen molar-refractivity contribution in [1.82, 2.24) is 0 Å². The number of hydrogen-bond acceptors (Lipinski definition) is 4. The van der Waals surface area contributed by atoms with Crippen LogP contribution in [-0.2, 0) is 9.47 Å². The van der Waals surface area contributed by atoms with Gasteiger partial charge in [0, 0.05) is 6.61 Å². The van der Waals surface area contributed by atoms with Crippen molar-refractivity contribution in [1.29, 1.82) is 5.26 Å². The molecule has 21 heavy (non-hydrogen) atoms. The molecule has 4 unspecified atom stereocenters. The smallest absolute Gasteiger partial charge is 0.157 e. The molecule has 0 radical (unpaired) electrons. The van der Waals surface area contributed by atoms with Gasteiger partial charge in [-0.2, -0.15) is 5.26 Å². The van der Waals surface area contributed by atoms with Crippen LogP contribution in [0.25, 0.3) is 0 Å². The topological polar surface area (TPSA) is 62.5 Å². The van der Waals surface area contributed by atoms with Crippen LogP contribution < -0.4 is 0 Å². The van der Waals surface area contributed by atoms with Crippen molar-refractivity contribution in [2.24, 2.45) is 17.8 Å². The number of nitrogens with zero attached hydrogens (tertiary/aromatic N) is 1. The molecule has 1 heterocycles. The Morgan fingerprint density at radius 2 is 2.29 bits per heavy atom. The Hall–Kier alpha value is -1.31. The Balaban J connectivity index is 1.84. The van der Waals surface area contributed by atoms with E-state index in [0.29, 0.717) is 18.8 Å². The van der Waals surface area contributed by atoms with E-state index in [1.165, 1.54) is 0 Å². The molecule has 116 valence electrons. The van der Waals surface area contributed by atoms with E-state index in [1.54, 1.807) is 0 Å². The molecule has 1 fully saturated rings. The summed E-state index contributed by atoms with van der Waals surface area (Å²) >= 11 is 0. The van der Waals surface area contributed by atoms with Crippen molar-refractivity contribution in [3.8, 4) is 6.07 Å². The van der Waals surface area contributed by atoms with Crippen LogP contribution in [0, 0.1) is 29.1 Å². The minimum Gasteiger partial charge on any atom is -0.508 e. The number of allylic oxidation sites excluding steroid dienone is 3. The van der Waals surface area contributed by atoms with Gasteiger partial charge in [-0.3, -0.25) is 0 Å². The third-order valence-electron chi connectivity index (χ3n) is 4.38. The highest BCUT2D eigenvalue weighted by Crippen LogP contribution is 2.33. The SMILES string of the molecule is CC1=CC(C(C#N)CCOC2CCCCO2)C(C)C=C1O. The third kappa shape index (κ3) is 4.33. The normalized spacial score (nSPS) is 31.0. The molecule has 4 heteroatoms. The first kappa shape index (κ1) is 16.1. The molecular weight excluding hydrogens is 266 g/mol. The predicted molar refractivity (Wildman–Crippen MR) is 80.4 cm³/mol. The average Bonchev–Trinajstić information content (AvgIpc) is 2.49. The van der Waals surface area contributed by atoms with Crippen molar-refractivity contribution in [2.45, 2.75) is 45.8 Å². The highest BCUT2D eigenvalue weighted by atomic mass is 16.7. The van der Waals surface area contributed by atoms with Gasteiger partial charge in [-0.1, -0.05) is 13.0 Å². The molecule has 1 N–H and O–H groups in total. The first-order valence-electron chi connectivity index (χ1n) is 7.84. The lowest BCUT2D eigenvalue weighted by molar-refractivity contribution is -0.163. The molecule has 0 aromatic heterocycles. The summed E-state index contributed by atoms with van der Waals surface area (Å²) in [5, 5.41) is 19.2. The summed E-state index contributed by atoms with van der Waals surface area (Å²) in [5.74, 6) is 0.552. The first-order valence-corrected chi connectivity index (χ1v) is 7.84. The van der Waals surface area contributed by atoms with E-state index >= 15 is 0 Å². The Morgan fingerprint density at radius 1 is 1.48 bits per heavy atom. The zero-order valence-corrected chi connectivity index (χ0v) is 12.9. The van der Waals surface area contributed by atoms with Gasteiger partial charge in [0.25, 0.3) is 0 Å². The lowest BCUT2D eigenvalue weighted by Crippen LogP contribution is -2.26. The second-order valence-corrected chi connectivity index (χ2v) is 6.03. The van der Waals surface area contributed by atoms with E-state index in [4.69, 9.17) is 9.47 Å². The third-order valence-corrected chi connectivity index (χ3v) is 4.38. The maximum Gasteiger partial charge on any atom is 0.157 e. The number of aliphatic hydroxyl groups is 1. The van der Waals surface area contributed by atoms with Gasteiger partial charge in [0.1, 0.15) is 5.76 Å². The molecule has 4 nitrogen and oxygen atoms in total. The predicted octanol–water partition coefficient (Wildman–Crippen LogP) is 3.71. The van der Waals surface area contributed by atoms with Crippen LogP contribution in [0.15, 0.2) is 23.5 Å². The standard InChI is InChI=1S/C17H25NO3/c1-12-10-16(19)13(2)9-15(12)14(11-18)6-8-21-17-5-3-4-7-20-17/h9-10,12,14-15,17,19H,3-8H2,1-2H3. The molecule has 0 aromatic carbocycles. The number of ether oxygens (including phenoxy) is 2. The van der Waals surface area contributed by atoms with Crippen molar-refractivity contribution in [3.63, 3.8) is 0 Å². The van der Waals surface area contributed by atoms with Crippen molar-refractivity contribution in [2.75, 3.05) is 13.2 Å². The summed E-state index contributed by atoms with van der Waals surface area (Å²) in [5.41, 5.74) is 0.856. The molecule has 0 amide bonds. The highest BCUT2D eigenvalue weighted by molar-refractivity contribution is 5.29. The van der Waals surface area contributed by atoms with Gasteiger partial charge < -0.3 is 14.6 Å². The molecule has 1 aliphatic heterocycles. The van der Waals surface area contributed by atoms with Crippen molar-refractivity contribution >= 4 is 0 Å². The van der Waals surface area contributed by atoms with E-state index < -0.39 is 0 Å². The number of rotatable bonds is 5. The maximum atomic E-state index is 9.74. The zero-order chi connectivity index (χ0) is 15.2. The van der Waals surface area contributed by atoms with Gasteiger partial charge in [0.05, 0.1) is 18.6 Å². The fourth-order valence-corrected chi connectivity index (χ4v) is 3.01. The van der Waals surface area contributed by atoms with Gasteiger partial charge in [0.2, 0.25) is 0 Å². The summed E-state index contributed by atoms with van der Waals surface area (Å²) < 4.78 is 11.3. The van der Waals surface area contributed by atoms with Crippen molar-refractivity contribution < 1.29 is 14.6 Å². The molecule has 0 bridgehead atoms. The van der Waals surface area contributed by atoms with Crippen LogP contribution in [0.3, 0.4) is 0 Å². The zero-order valence-electron chi connectivity index (χ0n) is 12.9. The largest absolute Gasteiger partial charge is 0.508 e. The average molecular weight is 291 g/mol. The van der Waals surface area contributed by atoms with Crippen LogP contribution in [0.5, 0.6) is 0 Å². The van der Waals surface area contributed by atoms with Crippen LogP contribution in [0.4, 0.5) is 0 Å².